The number of piperazine rings is 1. The summed E-state index contributed by atoms with van der Waals surface area (Å²) in [6, 6.07) is 13.2. The Bertz CT molecular complexity index is 747. The Morgan fingerprint density at radius 2 is 1.75 bits per heavy atom. The fraction of sp³-hybridized carbons (Fsp3) is 0.478. The normalized spacial score (nSPS) is 19.2. The van der Waals surface area contributed by atoms with E-state index in [0.717, 1.165) is 44.4 Å². The Morgan fingerprint density at radius 1 is 0.964 bits per heavy atom. The first-order chi connectivity index (χ1) is 13.9. The molecule has 5 heteroatoms. The summed E-state index contributed by atoms with van der Waals surface area (Å²) in [5, 5.41) is 3.62. The van der Waals surface area contributed by atoms with Crippen LogP contribution >= 0.6 is 0 Å². The van der Waals surface area contributed by atoms with Crippen molar-refractivity contribution in [1.29, 1.82) is 0 Å². The van der Waals surface area contributed by atoms with Crippen LogP contribution < -0.4 is 10.2 Å². The molecule has 1 aromatic heterocycles. The number of anilines is 2. The van der Waals surface area contributed by atoms with E-state index in [4.69, 9.17) is 0 Å². The molecule has 2 aliphatic rings. The van der Waals surface area contributed by atoms with Crippen molar-refractivity contribution in [1.82, 2.24) is 14.9 Å². The summed E-state index contributed by atoms with van der Waals surface area (Å²) in [6.07, 6.45) is 12.7. The van der Waals surface area contributed by atoms with Gasteiger partial charge in [-0.3, -0.25) is 4.90 Å². The van der Waals surface area contributed by atoms with Crippen LogP contribution in [0.2, 0.25) is 0 Å². The number of aromatic nitrogens is 2. The average molecular weight is 378 g/mol. The molecule has 1 aliphatic heterocycles. The first-order valence-corrected chi connectivity index (χ1v) is 10.6. The van der Waals surface area contributed by atoms with Crippen LogP contribution in [0.5, 0.6) is 0 Å². The third-order valence-electron chi connectivity index (χ3n) is 5.78. The number of nitrogens with zero attached hydrogens (tertiary/aromatic N) is 4. The fourth-order valence-corrected chi connectivity index (χ4v) is 4.12. The highest BCUT2D eigenvalue weighted by Crippen LogP contribution is 2.22. The van der Waals surface area contributed by atoms with Crippen LogP contribution in [0, 0.1) is 0 Å². The van der Waals surface area contributed by atoms with Crippen LogP contribution in [0.1, 0.15) is 37.7 Å². The molecule has 0 unspecified atom stereocenters. The van der Waals surface area contributed by atoms with E-state index in [1.807, 2.05) is 0 Å². The third-order valence-corrected chi connectivity index (χ3v) is 5.78. The second-order valence-corrected chi connectivity index (χ2v) is 7.84. The number of rotatable bonds is 6. The summed E-state index contributed by atoms with van der Waals surface area (Å²) in [5.74, 6) is 2.03. The van der Waals surface area contributed by atoms with Gasteiger partial charge >= 0.3 is 0 Å². The summed E-state index contributed by atoms with van der Waals surface area (Å²) in [7, 11) is 0. The molecule has 2 aromatic rings. The minimum atomic E-state index is 0.574. The Morgan fingerprint density at radius 3 is 2.54 bits per heavy atom. The Balaban J connectivity index is 1.26. The van der Waals surface area contributed by atoms with Crippen molar-refractivity contribution >= 4 is 17.7 Å². The molecule has 1 aromatic carbocycles. The van der Waals surface area contributed by atoms with E-state index < -0.39 is 0 Å². The van der Waals surface area contributed by atoms with E-state index in [0.29, 0.717) is 6.04 Å². The molecule has 4 rings (SSSR count). The summed E-state index contributed by atoms with van der Waals surface area (Å²) in [5.41, 5.74) is 1.26. The quantitative estimate of drug-likeness (QED) is 0.822. The maximum absolute atomic E-state index is 4.53. The Hall–Kier alpha value is -2.40. The van der Waals surface area contributed by atoms with Crippen LogP contribution in [0.25, 0.3) is 6.08 Å². The van der Waals surface area contributed by atoms with Gasteiger partial charge in [0.05, 0.1) is 0 Å². The fourth-order valence-electron chi connectivity index (χ4n) is 4.12. The molecule has 5 nitrogen and oxygen atoms in total. The van der Waals surface area contributed by atoms with Crippen molar-refractivity contribution in [3.8, 4) is 0 Å². The minimum Gasteiger partial charge on any atom is -0.367 e. The van der Waals surface area contributed by atoms with Crippen molar-refractivity contribution in [2.24, 2.45) is 0 Å². The average Bonchev–Trinajstić information content (AvgIpc) is 2.76. The second kappa shape index (κ2) is 9.69. The lowest BCUT2D eigenvalue weighted by atomic mass is 9.95. The van der Waals surface area contributed by atoms with Gasteiger partial charge in [-0.2, -0.15) is 0 Å². The third kappa shape index (κ3) is 5.32. The molecule has 0 spiro atoms. The van der Waals surface area contributed by atoms with Gasteiger partial charge in [-0.25, -0.2) is 9.97 Å². The molecule has 0 bridgehead atoms. The van der Waals surface area contributed by atoms with Crippen molar-refractivity contribution in [3.05, 3.63) is 54.4 Å². The van der Waals surface area contributed by atoms with E-state index in [-0.39, 0.29) is 0 Å². The molecule has 0 amide bonds. The SMILES string of the molecule is C(=C\c1ccccc1)/CN1CCN(c2cc(NC3CCCCC3)ncn2)CC1. The zero-order valence-electron chi connectivity index (χ0n) is 16.6. The van der Waals surface area contributed by atoms with E-state index in [1.54, 1.807) is 6.33 Å². The number of hydrogen-bond acceptors (Lipinski definition) is 5. The van der Waals surface area contributed by atoms with Crippen LogP contribution in [0.4, 0.5) is 11.6 Å². The summed E-state index contributed by atoms with van der Waals surface area (Å²) >= 11 is 0. The van der Waals surface area contributed by atoms with Gasteiger partial charge in [0, 0.05) is 44.8 Å². The van der Waals surface area contributed by atoms with Gasteiger partial charge in [-0.1, -0.05) is 61.7 Å². The molecule has 1 saturated heterocycles. The van der Waals surface area contributed by atoms with E-state index in [9.17, 15) is 0 Å². The zero-order chi connectivity index (χ0) is 19.0. The van der Waals surface area contributed by atoms with Crippen molar-refractivity contribution in [2.45, 2.75) is 38.1 Å². The molecular formula is C23H31N5. The van der Waals surface area contributed by atoms with E-state index >= 15 is 0 Å². The topological polar surface area (TPSA) is 44.3 Å². The highest BCUT2D eigenvalue weighted by atomic mass is 15.3. The highest BCUT2D eigenvalue weighted by Gasteiger charge is 2.18. The molecule has 28 heavy (non-hydrogen) atoms. The second-order valence-electron chi connectivity index (χ2n) is 7.84. The standard InChI is InChI=1S/C23H31N5/c1-3-8-20(9-4-1)10-7-13-27-14-16-28(17-15-27)23-18-22(24-19-25-23)26-21-11-5-2-6-12-21/h1,3-4,7-10,18-19,21H,2,5-6,11-17H2,(H,24,25,26)/b10-7+. The highest BCUT2D eigenvalue weighted by molar-refractivity contribution is 5.50. The van der Waals surface area contributed by atoms with Gasteiger partial charge in [0.2, 0.25) is 0 Å². The molecule has 1 N–H and O–H groups in total. The van der Waals surface area contributed by atoms with Gasteiger partial charge in [-0.15, -0.1) is 0 Å². The minimum absolute atomic E-state index is 0.574. The van der Waals surface area contributed by atoms with Crippen molar-refractivity contribution in [3.63, 3.8) is 0 Å². The Kier molecular flexibility index (Phi) is 6.56. The monoisotopic (exact) mass is 377 g/mol. The van der Waals surface area contributed by atoms with Crippen LogP contribution in [0.3, 0.4) is 0 Å². The van der Waals surface area contributed by atoms with Crippen molar-refractivity contribution in [2.75, 3.05) is 42.9 Å². The van der Waals surface area contributed by atoms with Gasteiger partial charge < -0.3 is 10.2 Å². The molecular weight excluding hydrogens is 346 g/mol. The summed E-state index contributed by atoms with van der Waals surface area (Å²) in [6.45, 7) is 5.15. The number of benzene rings is 1. The molecule has 2 fully saturated rings. The maximum Gasteiger partial charge on any atom is 0.134 e. The van der Waals surface area contributed by atoms with Crippen LogP contribution in [-0.2, 0) is 0 Å². The predicted octanol–water partition coefficient (Wildman–Crippen LogP) is 4.06. The predicted molar refractivity (Wildman–Crippen MR) is 117 cm³/mol. The van der Waals surface area contributed by atoms with Gasteiger partial charge in [0.1, 0.15) is 18.0 Å². The van der Waals surface area contributed by atoms with Gasteiger partial charge in [-0.05, 0) is 18.4 Å². The van der Waals surface area contributed by atoms with Gasteiger partial charge in [0.15, 0.2) is 0 Å². The number of nitrogens with one attached hydrogen (secondary N) is 1. The van der Waals surface area contributed by atoms with Crippen molar-refractivity contribution < 1.29 is 0 Å². The van der Waals surface area contributed by atoms with Crippen LogP contribution in [0.15, 0.2) is 48.8 Å². The van der Waals surface area contributed by atoms with E-state index in [2.05, 4.69) is 73.6 Å². The molecule has 0 radical (unpaired) electrons. The summed E-state index contributed by atoms with van der Waals surface area (Å²) in [4.78, 5) is 13.8. The largest absolute Gasteiger partial charge is 0.367 e. The maximum atomic E-state index is 4.53. The van der Waals surface area contributed by atoms with E-state index in [1.165, 1.54) is 37.7 Å². The molecule has 148 valence electrons. The molecule has 1 aliphatic carbocycles. The number of hydrogen-bond donors (Lipinski definition) is 1. The lowest BCUT2D eigenvalue weighted by Crippen LogP contribution is -2.46. The van der Waals surface area contributed by atoms with Gasteiger partial charge in [0.25, 0.3) is 0 Å². The van der Waals surface area contributed by atoms with Crippen LogP contribution in [-0.4, -0.2) is 53.6 Å². The zero-order valence-corrected chi connectivity index (χ0v) is 16.6. The molecule has 0 atom stereocenters. The lowest BCUT2D eigenvalue weighted by molar-refractivity contribution is 0.283. The first kappa shape index (κ1) is 18.9. The molecule has 2 heterocycles. The Labute approximate surface area is 168 Å². The first-order valence-electron chi connectivity index (χ1n) is 10.6. The smallest absolute Gasteiger partial charge is 0.134 e. The lowest BCUT2D eigenvalue weighted by Gasteiger charge is -2.35. The summed E-state index contributed by atoms with van der Waals surface area (Å²) < 4.78 is 0. The molecule has 1 saturated carbocycles.